The second kappa shape index (κ2) is 9.00. The number of phenolic OH excluding ortho intramolecular Hbond substituents is 1. The Balaban J connectivity index is 1.75. The maximum atomic E-state index is 12.5. The van der Waals surface area contributed by atoms with Gasteiger partial charge in [-0.1, -0.05) is 23.7 Å². The molecule has 0 fully saturated rings. The highest BCUT2D eigenvalue weighted by molar-refractivity contribution is 6.30. The SMILES string of the molecule is Cc1c(CC(=O)NC[C@H](CC(=O)O)c2ccc(Cl)cc2)c(=O)oc2cc(O)ccc12. The van der Waals surface area contributed by atoms with Crippen LogP contribution in [-0.4, -0.2) is 28.6 Å². The average Bonchev–Trinajstić information content (AvgIpc) is 2.68. The van der Waals surface area contributed by atoms with Crippen LogP contribution in [0.3, 0.4) is 0 Å². The number of benzene rings is 2. The van der Waals surface area contributed by atoms with E-state index in [0.29, 0.717) is 16.0 Å². The van der Waals surface area contributed by atoms with E-state index in [-0.39, 0.29) is 36.3 Å². The summed E-state index contributed by atoms with van der Waals surface area (Å²) < 4.78 is 5.23. The van der Waals surface area contributed by atoms with Crippen LogP contribution in [0.5, 0.6) is 5.75 Å². The van der Waals surface area contributed by atoms with Gasteiger partial charge in [-0.15, -0.1) is 0 Å². The number of amides is 1. The summed E-state index contributed by atoms with van der Waals surface area (Å²) in [5.74, 6) is -1.88. The highest BCUT2D eigenvalue weighted by Crippen LogP contribution is 2.24. The minimum absolute atomic E-state index is 0.0257. The highest BCUT2D eigenvalue weighted by atomic mass is 35.5. The minimum Gasteiger partial charge on any atom is -0.508 e. The summed E-state index contributed by atoms with van der Waals surface area (Å²) in [5, 5.41) is 22.6. The van der Waals surface area contributed by atoms with Crippen molar-refractivity contribution in [2.24, 2.45) is 0 Å². The number of aromatic hydroxyl groups is 1. The largest absolute Gasteiger partial charge is 0.508 e. The number of aryl methyl sites for hydroxylation is 1. The summed E-state index contributed by atoms with van der Waals surface area (Å²) in [4.78, 5) is 36.0. The van der Waals surface area contributed by atoms with Gasteiger partial charge in [0, 0.05) is 28.9 Å². The number of aliphatic carboxylic acids is 1. The molecule has 156 valence electrons. The van der Waals surface area contributed by atoms with Crippen LogP contribution in [0.2, 0.25) is 5.02 Å². The lowest BCUT2D eigenvalue weighted by molar-refractivity contribution is -0.137. The Bertz CT molecular complexity index is 1150. The summed E-state index contributed by atoms with van der Waals surface area (Å²) in [6, 6.07) is 11.2. The van der Waals surface area contributed by atoms with Crippen molar-refractivity contribution in [3.05, 3.63) is 74.6 Å². The Morgan fingerprint density at radius 1 is 1.17 bits per heavy atom. The lowest BCUT2D eigenvalue weighted by Crippen LogP contribution is -2.32. The van der Waals surface area contributed by atoms with Crippen molar-refractivity contribution in [3.8, 4) is 5.75 Å². The lowest BCUT2D eigenvalue weighted by Gasteiger charge is -2.17. The van der Waals surface area contributed by atoms with Gasteiger partial charge in [-0.3, -0.25) is 9.59 Å². The first-order chi connectivity index (χ1) is 14.2. The van der Waals surface area contributed by atoms with Crippen LogP contribution in [-0.2, 0) is 16.0 Å². The molecule has 0 spiro atoms. The molecule has 3 aromatic rings. The molecule has 8 heteroatoms. The van der Waals surface area contributed by atoms with Crippen LogP contribution in [0, 0.1) is 6.92 Å². The van der Waals surface area contributed by atoms with Gasteiger partial charge < -0.3 is 19.9 Å². The van der Waals surface area contributed by atoms with Crippen LogP contribution in [0.25, 0.3) is 11.0 Å². The lowest BCUT2D eigenvalue weighted by atomic mass is 9.95. The molecule has 3 rings (SSSR count). The van der Waals surface area contributed by atoms with Gasteiger partial charge in [-0.05, 0) is 42.3 Å². The third kappa shape index (κ3) is 4.99. The topological polar surface area (TPSA) is 117 Å². The van der Waals surface area contributed by atoms with E-state index in [1.165, 1.54) is 12.1 Å². The molecule has 3 N–H and O–H groups in total. The molecule has 2 aromatic carbocycles. The van der Waals surface area contributed by atoms with Crippen molar-refractivity contribution in [3.63, 3.8) is 0 Å². The normalized spacial score (nSPS) is 11.9. The van der Waals surface area contributed by atoms with E-state index in [4.69, 9.17) is 16.0 Å². The Morgan fingerprint density at radius 3 is 2.53 bits per heavy atom. The molecule has 0 radical (unpaired) electrons. The summed E-state index contributed by atoms with van der Waals surface area (Å²) >= 11 is 5.88. The number of hydrogen-bond donors (Lipinski definition) is 3. The maximum absolute atomic E-state index is 12.5. The molecule has 0 saturated heterocycles. The fraction of sp³-hybridized carbons (Fsp3) is 0.227. The first kappa shape index (κ1) is 21.4. The van der Waals surface area contributed by atoms with Crippen molar-refractivity contribution in [2.75, 3.05) is 6.54 Å². The summed E-state index contributed by atoms with van der Waals surface area (Å²) in [6.45, 7) is 1.80. The van der Waals surface area contributed by atoms with Crippen molar-refractivity contribution in [1.82, 2.24) is 5.32 Å². The Kier molecular flexibility index (Phi) is 6.42. The zero-order valence-corrected chi connectivity index (χ0v) is 16.9. The molecular weight excluding hydrogens is 410 g/mol. The second-order valence-electron chi connectivity index (χ2n) is 7.00. The molecule has 7 nitrogen and oxygen atoms in total. The van der Waals surface area contributed by atoms with Crippen LogP contribution in [0.4, 0.5) is 0 Å². The van der Waals surface area contributed by atoms with Gasteiger partial charge in [0.1, 0.15) is 11.3 Å². The Hall–Kier alpha value is -3.32. The molecule has 0 bridgehead atoms. The van der Waals surface area contributed by atoms with Gasteiger partial charge >= 0.3 is 11.6 Å². The molecule has 0 aliphatic rings. The molecule has 1 aromatic heterocycles. The van der Waals surface area contributed by atoms with E-state index in [1.807, 2.05) is 0 Å². The van der Waals surface area contributed by atoms with Crippen LogP contribution in [0.15, 0.2) is 51.7 Å². The van der Waals surface area contributed by atoms with Gasteiger partial charge in [0.15, 0.2) is 0 Å². The van der Waals surface area contributed by atoms with E-state index in [9.17, 15) is 24.6 Å². The van der Waals surface area contributed by atoms with Crippen molar-refractivity contribution in [2.45, 2.75) is 25.7 Å². The zero-order chi connectivity index (χ0) is 21.8. The molecule has 0 aliphatic carbocycles. The standard InChI is InChI=1S/C22H20ClNO6/c1-12-17-7-6-16(25)9-19(17)30-22(29)18(12)10-20(26)24-11-14(8-21(27)28)13-2-4-15(23)5-3-13/h2-7,9,14,25H,8,10-11H2,1H3,(H,24,26)(H,27,28)/t14-/m0/s1. The fourth-order valence-corrected chi connectivity index (χ4v) is 3.43. The van der Waals surface area contributed by atoms with E-state index in [0.717, 1.165) is 5.56 Å². The molecule has 0 unspecified atom stereocenters. The monoisotopic (exact) mass is 429 g/mol. The van der Waals surface area contributed by atoms with Gasteiger partial charge in [0.25, 0.3) is 0 Å². The molecule has 30 heavy (non-hydrogen) atoms. The fourth-order valence-electron chi connectivity index (χ4n) is 3.30. The average molecular weight is 430 g/mol. The first-order valence-electron chi connectivity index (χ1n) is 9.24. The molecule has 0 saturated carbocycles. The summed E-state index contributed by atoms with van der Waals surface area (Å²) in [6.07, 6.45) is -0.367. The molecular formula is C22H20ClNO6. The summed E-state index contributed by atoms with van der Waals surface area (Å²) in [5.41, 5.74) is 1.14. The number of carbonyl (C=O) groups excluding carboxylic acids is 1. The van der Waals surface area contributed by atoms with E-state index in [2.05, 4.69) is 5.32 Å². The van der Waals surface area contributed by atoms with Gasteiger partial charge in [0.2, 0.25) is 5.91 Å². The van der Waals surface area contributed by atoms with Gasteiger partial charge in [-0.2, -0.15) is 0 Å². The predicted molar refractivity (Wildman–Crippen MR) is 112 cm³/mol. The van der Waals surface area contributed by atoms with E-state index in [1.54, 1.807) is 37.3 Å². The number of carboxylic acids is 1. The smallest absolute Gasteiger partial charge is 0.340 e. The predicted octanol–water partition coefficient (Wildman–Crippen LogP) is 3.38. The molecule has 1 heterocycles. The van der Waals surface area contributed by atoms with Crippen LogP contribution < -0.4 is 10.9 Å². The Labute approximate surface area is 176 Å². The number of phenols is 1. The van der Waals surface area contributed by atoms with Crippen molar-refractivity contribution < 1.29 is 24.2 Å². The zero-order valence-electron chi connectivity index (χ0n) is 16.1. The number of carboxylic acid groups (broad SMARTS) is 1. The molecule has 1 amide bonds. The van der Waals surface area contributed by atoms with E-state index < -0.39 is 23.4 Å². The quantitative estimate of drug-likeness (QED) is 0.496. The number of nitrogens with one attached hydrogen (secondary N) is 1. The number of rotatable bonds is 7. The van der Waals surface area contributed by atoms with Gasteiger partial charge in [-0.25, -0.2) is 4.79 Å². The first-order valence-corrected chi connectivity index (χ1v) is 9.61. The molecule has 0 aliphatic heterocycles. The van der Waals surface area contributed by atoms with E-state index >= 15 is 0 Å². The second-order valence-corrected chi connectivity index (χ2v) is 7.44. The maximum Gasteiger partial charge on any atom is 0.340 e. The van der Waals surface area contributed by atoms with Crippen LogP contribution in [0.1, 0.15) is 29.0 Å². The minimum atomic E-state index is -0.988. The third-order valence-corrected chi connectivity index (χ3v) is 5.17. The number of hydrogen-bond acceptors (Lipinski definition) is 5. The van der Waals surface area contributed by atoms with Crippen molar-refractivity contribution in [1.29, 1.82) is 0 Å². The molecule has 1 atom stereocenters. The van der Waals surface area contributed by atoms with Crippen LogP contribution >= 0.6 is 11.6 Å². The number of fused-ring (bicyclic) bond motifs is 1. The Morgan fingerprint density at radius 2 is 1.87 bits per heavy atom. The number of carbonyl (C=O) groups is 2. The van der Waals surface area contributed by atoms with Gasteiger partial charge in [0.05, 0.1) is 18.4 Å². The summed E-state index contributed by atoms with van der Waals surface area (Å²) in [7, 11) is 0. The number of halogens is 1. The highest BCUT2D eigenvalue weighted by Gasteiger charge is 2.19. The third-order valence-electron chi connectivity index (χ3n) is 4.92. The van der Waals surface area contributed by atoms with Crippen molar-refractivity contribution >= 4 is 34.4 Å².